The molecule has 0 unspecified atom stereocenters. The van der Waals surface area contributed by atoms with E-state index in [9.17, 15) is 4.79 Å². The van der Waals surface area contributed by atoms with Crippen molar-refractivity contribution in [2.45, 2.75) is 13.5 Å². The van der Waals surface area contributed by atoms with E-state index in [4.69, 9.17) is 10.2 Å². The minimum Gasteiger partial charge on any atom is -0.426 e. The highest BCUT2D eigenvalue weighted by atomic mass is 16.4. The van der Waals surface area contributed by atoms with Gasteiger partial charge in [0, 0.05) is 11.6 Å². The van der Waals surface area contributed by atoms with E-state index in [1.54, 1.807) is 6.07 Å². The molecule has 0 saturated carbocycles. The Balaban J connectivity index is 2.55. The van der Waals surface area contributed by atoms with Crippen molar-refractivity contribution in [2.75, 3.05) is 0 Å². The van der Waals surface area contributed by atoms with E-state index in [-0.39, 0.29) is 12.2 Å². The molecule has 82 valence electrons. The zero-order valence-corrected chi connectivity index (χ0v) is 9.07. The Morgan fingerprint density at radius 2 is 1.81 bits per heavy atom. The SMILES string of the molecule is Cc1ccc(-c2ccc(=O)oc2CN)cc1. The molecule has 0 atom stereocenters. The molecule has 1 aromatic carbocycles. The first kappa shape index (κ1) is 10.6. The number of benzene rings is 1. The van der Waals surface area contributed by atoms with Gasteiger partial charge in [-0.3, -0.25) is 0 Å². The lowest BCUT2D eigenvalue weighted by Crippen LogP contribution is -2.05. The number of hydrogen-bond donors (Lipinski definition) is 1. The maximum Gasteiger partial charge on any atom is 0.335 e. The molecule has 0 saturated heterocycles. The van der Waals surface area contributed by atoms with Crippen molar-refractivity contribution in [1.29, 1.82) is 0 Å². The highest BCUT2D eigenvalue weighted by molar-refractivity contribution is 5.65. The topological polar surface area (TPSA) is 56.2 Å². The van der Waals surface area contributed by atoms with Crippen LogP contribution >= 0.6 is 0 Å². The summed E-state index contributed by atoms with van der Waals surface area (Å²) in [6, 6.07) is 11.2. The first-order valence-electron chi connectivity index (χ1n) is 5.11. The molecule has 1 aromatic heterocycles. The zero-order valence-electron chi connectivity index (χ0n) is 9.07. The van der Waals surface area contributed by atoms with E-state index in [0.717, 1.165) is 11.1 Å². The smallest absolute Gasteiger partial charge is 0.335 e. The van der Waals surface area contributed by atoms with Gasteiger partial charge in [0.1, 0.15) is 5.76 Å². The van der Waals surface area contributed by atoms with E-state index in [1.807, 2.05) is 31.2 Å². The second-order valence-corrected chi connectivity index (χ2v) is 3.66. The molecule has 0 aliphatic carbocycles. The highest BCUT2D eigenvalue weighted by Crippen LogP contribution is 2.22. The van der Waals surface area contributed by atoms with Crippen LogP contribution in [-0.4, -0.2) is 0 Å². The number of hydrogen-bond acceptors (Lipinski definition) is 3. The summed E-state index contributed by atoms with van der Waals surface area (Å²) < 4.78 is 5.06. The Morgan fingerprint density at radius 3 is 2.44 bits per heavy atom. The molecule has 2 N–H and O–H groups in total. The monoisotopic (exact) mass is 215 g/mol. The van der Waals surface area contributed by atoms with Crippen LogP contribution in [0.4, 0.5) is 0 Å². The quantitative estimate of drug-likeness (QED) is 0.834. The van der Waals surface area contributed by atoms with Gasteiger partial charge in [-0.05, 0) is 18.6 Å². The summed E-state index contributed by atoms with van der Waals surface area (Å²) in [4.78, 5) is 11.1. The van der Waals surface area contributed by atoms with Crippen molar-refractivity contribution in [3.63, 3.8) is 0 Å². The van der Waals surface area contributed by atoms with Crippen LogP contribution in [0.1, 0.15) is 11.3 Å². The van der Waals surface area contributed by atoms with Gasteiger partial charge in [-0.2, -0.15) is 0 Å². The summed E-state index contributed by atoms with van der Waals surface area (Å²) in [6.07, 6.45) is 0. The second kappa shape index (κ2) is 4.33. The molecule has 0 bridgehead atoms. The molecule has 0 spiro atoms. The van der Waals surface area contributed by atoms with Gasteiger partial charge < -0.3 is 10.2 Å². The van der Waals surface area contributed by atoms with Crippen LogP contribution in [-0.2, 0) is 6.54 Å². The fourth-order valence-electron chi connectivity index (χ4n) is 1.60. The van der Waals surface area contributed by atoms with Gasteiger partial charge in [0.25, 0.3) is 0 Å². The molecule has 16 heavy (non-hydrogen) atoms. The van der Waals surface area contributed by atoms with Gasteiger partial charge >= 0.3 is 5.63 Å². The van der Waals surface area contributed by atoms with Crippen molar-refractivity contribution in [3.05, 3.63) is 58.1 Å². The summed E-state index contributed by atoms with van der Waals surface area (Å²) in [5.74, 6) is 0.524. The van der Waals surface area contributed by atoms with Crippen LogP contribution in [0.15, 0.2) is 45.6 Å². The molecule has 0 radical (unpaired) electrons. The van der Waals surface area contributed by atoms with Gasteiger partial charge in [0.2, 0.25) is 0 Å². The van der Waals surface area contributed by atoms with Crippen LogP contribution in [0, 0.1) is 6.92 Å². The number of nitrogens with two attached hydrogens (primary N) is 1. The van der Waals surface area contributed by atoms with Crippen LogP contribution in [0.5, 0.6) is 0 Å². The van der Waals surface area contributed by atoms with Gasteiger partial charge in [-0.25, -0.2) is 4.79 Å². The van der Waals surface area contributed by atoms with Crippen LogP contribution < -0.4 is 11.4 Å². The van der Waals surface area contributed by atoms with E-state index in [1.165, 1.54) is 11.6 Å². The lowest BCUT2D eigenvalue weighted by atomic mass is 10.0. The van der Waals surface area contributed by atoms with Gasteiger partial charge in [0.05, 0.1) is 6.54 Å². The van der Waals surface area contributed by atoms with Crippen LogP contribution in [0.3, 0.4) is 0 Å². The number of aryl methyl sites for hydroxylation is 1. The van der Waals surface area contributed by atoms with Gasteiger partial charge in [-0.1, -0.05) is 29.8 Å². The average Bonchev–Trinajstić information content (AvgIpc) is 2.30. The summed E-state index contributed by atoms with van der Waals surface area (Å²) in [5.41, 5.74) is 8.27. The van der Waals surface area contributed by atoms with E-state index in [2.05, 4.69) is 0 Å². The largest absolute Gasteiger partial charge is 0.426 e. The standard InChI is InChI=1S/C13H13NO2/c1-9-2-4-10(5-3-9)11-6-7-13(15)16-12(11)8-14/h2-7H,8,14H2,1H3. The van der Waals surface area contributed by atoms with Gasteiger partial charge in [-0.15, -0.1) is 0 Å². The lowest BCUT2D eigenvalue weighted by Gasteiger charge is -2.05. The van der Waals surface area contributed by atoms with Crippen molar-refractivity contribution in [3.8, 4) is 11.1 Å². The van der Waals surface area contributed by atoms with E-state index >= 15 is 0 Å². The molecule has 0 aliphatic rings. The minimum absolute atomic E-state index is 0.222. The predicted octanol–water partition coefficient (Wildman–Crippen LogP) is 2.07. The Hall–Kier alpha value is -1.87. The maximum absolute atomic E-state index is 11.1. The third-order valence-electron chi connectivity index (χ3n) is 2.46. The Labute approximate surface area is 93.5 Å². The lowest BCUT2D eigenvalue weighted by molar-refractivity contribution is 0.464. The summed E-state index contributed by atoms with van der Waals surface area (Å²) >= 11 is 0. The second-order valence-electron chi connectivity index (χ2n) is 3.66. The minimum atomic E-state index is -0.365. The van der Waals surface area contributed by atoms with E-state index < -0.39 is 0 Å². The third-order valence-corrected chi connectivity index (χ3v) is 2.46. The molecular formula is C13H13NO2. The Kier molecular flexibility index (Phi) is 2.88. The number of rotatable bonds is 2. The Morgan fingerprint density at radius 1 is 1.12 bits per heavy atom. The third kappa shape index (κ3) is 2.04. The van der Waals surface area contributed by atoms with Gasteiger partial charge in [0.15, 0.2) is 0 Å². The average molecular weight is 215 g/mol. The first-order chi connectivity index (χ1) is 7.70. The molecule has 0 aliphatic heterocycles. The van der Waals surface area contributed by atoms with Crippen LogP contribution in [0.2, 0.25) is 0 Å². The van der Waals surface area contributed by atoms with Crippen LogP contribution in [0.25, 0.3) is 11.1 Å². The molecule has 3 heteroatoms. The summed E-state index contributed by atoms with van der Waals surface area (Å²) in [6.45, 7) is 2.25. The zero-order chi connectivity index (χ0) is 11.5. The molecular weight excluding hydrogens is 202 g/mol. The molecule has 2 aromatic rings. The van der Waals surface area contributed by atoms with Crippen molar-refractivity contribution >= 4 is 0 Å². The first-order valence-corrected chi connectivity index (χ1v) is 5.11. The van der Waals surface area contributed by atoms with Crippen molar-refractivity contribution < 1.29 is 4.42 Å². The molecule has 0 fully saturated rings. The summed E-state index contributed by atoms with van der Waals surface area (Å²) in [5, 5.41) is 0. The summed E-state index contributed by atoms with van der Waals surface area (Å²) in [7, 11) is 0. The fourth-order valence-corrected chi connectivity index (χ4v) is 1.60. The van der Waals surface area contributed by atoms with E-state index in [0.29, 0.717) is 5.76 Å². The fraction of sp³-hybridized carbons (Fsp3) is 0.154. The van der Waals surface area contributed by atoms with Crippen molar-refractivity contribution in [1.82, 2.24) is 0 Å². The molecule has 1 heterocycles. The normalized spacial score (nSPS) is 10.4. The molecule has 2 rings (SSSR count). The highest BCUT2D eigenvalue weighted by Gasteiger charge is 2.06. The maximum atomic E-state index is 11.1. The van der Waals surface area contributed by atoms with Crippen molar-refractivity contribution in [2.24, 2.45) is 5.73 Å². The predicted molar refractivity (Wildman–Crippen MR) is 63.0 cm³/mol. The molecule has 3 nitrogen and oxygen atoms in total. The molecule has 0 amide bonds. The Bertz CT molecular complexity index is 541.